The summed E-state index contributed by atoms with van der Waals surface area (Å²) in [6, 6.07) is 0. The summed E-state index contributed by atoms with van der Waals surface area (Å²) < 4.78 is 0. The van der Waals surface area contributed by atoms with Gasteiger partial charge in [-0.2, -0.15) is 0 Å². The summed E-state index contributed by atoms with van der Waals surface area (Å²) in [4.78, 5) is 0. The SMILES string of the molecule is [SiH3]C[SiH2]C[Si](C[SiH3])(C[SiH3])C[SiH2]C[SiH3]. The van der Waals surface area contributed by atoms with Crippen LogP contribution in [-0.4, -0.2) is 68.1 Å². The Morgan fingerprint density at radius 2 is 1.15 bits per heavy atom. The van der Waals surface area contributed by atoms with E-state index < -0.39 is 8.07 Å². The van der Waals surface area contributed by atoms with E-state index in [-0.39, 0.29) is 0 Å². The molecule has 0 aliphatic carbocycles. The minimum atomic E-state index is -0.494. The third kappa shape index (κ3) is 5.84. The van der Waals surface area contributed by atoms with E-state index in [2.05, 4.69) is 0 Å². The van der Waals surface area contributed by atoms with Crippen LogP contribution in [0.15, 0.2) is 0 Å². The van der Waals surface area contributed by atoms with Gasteiger partial charge in [-0.3, -0.25) is 0 Å². The minimum Gasteiger partial charge on any atom is -0.0751 e. The maximum atomic E-state index is 1.89. The Morgan fingerprint density at radius 1 is 0.769 bits per heavy atom. The van der Waals surface area contributed by atoms with Crippen LogP contribution in [0.2, 0.25) is 34.0 Å². The van der Waals surface area contributed by atoms with Gasteiger partial charge < -0.3 is 0 Å². The fourth-order valence-electron chi connectivity index (χ4n) is 2.19. The lowest BCUT2D eigenvalue weighted by atomic mass is 11.7. The first kappa shape index (κ1) is 14.5. The van der Waals surface area contributed by atoms with Crippen LogP contribution in [-0.2, 0) is 0 Å². The van der Waals surface area contributed by atoms with E-state index in [0.29, 0.717) is 19.0 Å². The highest BCUT2D eigenvalue weighted by Gasteiger charge is 2.26. The van der Waals surface area contributed by atoms with Crippen molar-refractivity contribution >= 4 is 68.1 Å². The van der Waals surface area contributed by atoms with Crippen molar-refractivity contribution < 1.29 is 0 Å². The molecule has 0 N–H and O–H groups in total. The lowest BCUT2D eigenvalue weighted by molar-refractivity contribution is 1.49. The predicted octanol–water partition coefficient (Wildman–Crippen LogP) is -4.18. The maximum absolute atomic E-state index is 1.89. The maximum Gasteiger partial charge on any atom is 0.0405 e. The highest BCUT2D eigenvalue weighted by molar-refractivity contribution is 6.97. The third-order valence-corrected chi connectivity index (χ3v) is 32.6. The third-order valence-electron chi connectivity index (χ3n) is 3.62. The van der Waals surface area contributed by atoms with Gasteiger partial charge in [-0.15, -0.1) is 0 Å². The van der Waals surface area contributed by atoms with E-state index in [1.165, 1.54) is 20.5 Å². The van der Waals surface area contributed by atoms with Gasteiger partial charge in [-0.05, 0) is 41.0 Å². The zero-order valence-electron chi connectivity index (χ0n) is 10.2. The summed E-state index contributed by atoms with van der Waals surface area (Å²) in [5.41, 5.74) is 10.8. The fraction of sp³-hybridized carbons (Fsp3) is 1.00. The van der Waals surface area contributed by atoms with Gasteiger partial charge in [-0.25, -0.2) is 0 Å². The summed E-state index contributed by atoms with van der Waals surface area (Å²) in [6.45, 7) is 0. The molecule has 0 spiro atoms. The van der Waals surface area contributed by atoms with Gasteiger partial charge in [0.1, 0.15) is 0 Å². The monoisotopic (exact) mass is 296 g/mol. The van der Waals surface area contributed by atoms with Crippen LogP contribution in [0.3, 0.4) is 0 Å². The van der Waals surface area contributed by atoms with Crippen molar-refractivity contribution in [2.75, 3.05) is 0 Å². The molecule has 0 unspecified atom stereocenters. The van der Waals surface area contributed by atoms with Crippen molar-refractivity contribution in [1.82, 2.24) is 0 Å². The molecule has 0 saturated carbocycles. The van der Waals surface area contributed by atoms with Gasteiger partial charge in [0.25, 0.3) is 0 Å². The molecule has 0 heterocycles. The van der Waals surface area contributed by atoms with Gasteiger partial charge in [0, 0.05) is 27.1 Å². The molecule has 0 rings (SSSR count). The molecule has 7 heteroatoms. The topological polar surface area (TPSA) is 0 Å². The Hall–Kier alpha value is 1.52. The number of hydrogen-bond acceptors (Lipinski definition) is 0. The first-order valence-electron chi connectivity index (χ1n) is 6.24. The summed E-state index contributed by atoms with van der Waals surface area (Å²) in [5.74, 6) is 0. The number of rotatable bonds is 8. The van der Waals surface area contributed by atoms with Gasteiger partial charge >= 0.3 is 0 Å². The average Bonchev–Trinajstić information content (AvgIpc) is 2.20. The van der Waals surface area contributed by atoms with Crippen molar-refractivity contribution in [1.29, 1.82) is 0 Å². The first-order valence-corrected chi connectivity index (χ1v) is 18.7. The Labute approximate surface area is 102 Å². The van der Waals surface area contributed by atoms with E-state index in [1.807, 2.05) is 11.3 Å². The van der Waals surface area contributed by atoms with E-state index in [9.17, 15) is 0 Å². The van der Waals surface area contributed by atoms with Crippen molar-refractivity contribution in [3.63, 3.8) is 0 Å². The zero-order chi connectivity index (χ0) is 10.2. The van der Waals surface area contributed by atoms with Crippen LogP contribution in [0.1, 0.15) is 0 Å². The quantitative estimate of drug-likeness (QED) is 0.399. The van der Waals surface area contributed by atoms with Crippen LogP contribution in [0, 0.1) is 0 Å². The van der Waals surface area contributed by atoms with Crippen LogP contribution in [0.5, 0.6) is 0 Å². The summed E-state index contributed by atoms with van der Waals surface area (Å²) in [6.07, 6.45) is 0. The lowest BCUT2D eigenvalue weighted by Gasteiger charge is -2.29. The molecule has 80 valence electrons. The summed E-state index contributed by atoms with van der Waals surface area (Å²) in [7, 11) is 6.56. The number of hydrogen-bond donors (Lipinski definition) is 0. The highest BCUT2D eigenvalue weighted by atomic mass is 28.4. The molecular formula is C6H28Si7. The van der Waals surface area contributed by atoms with Crippen molar-refractivity contribution in [2.45, 2.75) is 34.0 Å². The van der Waals surface area contributed by atoms with Crippen molar-refractivity contribution in [3.05, 3.63) is 0 Å². The molecule has 0 aromatic rings. The zero-order valence-corrected chi connectivity index (χ0v) is 22.0. The Morgan fingerprint density at radius 3 is 1.38 bits per heavy atom. The van der Waals surface area contributed by atoms with E-state index >= 15 is 0 Å². The molecular weight excluding hydrogens is 269 g/mol. The van der Waals surface area contributed by atoms with E-state index in [4.69, 9.17) is 0 Å². The second kappa shape index (κ2) is 8.80. The Kier molecular flexibility index (Phi) is 9.82. The minimum absolute atomic E-state index is 0.469. The molecule has 0 saturated heterocycles. The molecule has 0 atom stereocenters. The molecule has 0 aliphatic heterocycles. The van der Waals surface area contributed by atoms with Crippen LogP contribution in [0.4, 0.5) is 0 Å². The first-order chi connectivity index (χ1) is 6.24. The summed E-state index contributed by atoms with van der Waals surface area (Å²) in [5, 5.41) is 0. The molecule has 13 heavy (non-hydrogen) atoms. The van der Waals surface area contributed by atoms with Gasteiger partial charge in [-0.1, -0.05) is 34.0 Å². The molecule has 0 radical (unpaired) electrons. The fourth-order valence-corrected chi connectivity index (χ4v) is 45.5. The van der Waals surface area contributed by atoms with Gasteiger partial charge in [0.05, 0.1) is 0 Å². The highest BCUT2D eigenvalue weighted by Crippen LogP contribution is 2.21. The van der Waals surface area contributed by atoms with Gasteiger partial charge in [0.15, 0.2) is 0 Å². The lowest BCUT2D eigenvalue weighted by Crippen LogP contribution is -2.37. The standard InChI is InChI=1S/C6H28Si7/c7-1-11-5-13(3-9,4-10)6-12-2-8/h1-6,11-12H2,7-10H3. The second-order valence-corrected chi connectivity index (χ2v) is 26.5. The molecule has 0 aromatic carbocycles. The molecule has 0 bridgehead atoms. The summed E-state index contributed by atoms with van der Waals surface area (Å²) >= 11 is 0. The van der Waals surface area contributed by atoms with Crippen LogP contribution < -0.4 is 0 Å². The van der Waals surface area contributed by atoms with Gasteiger partial charge in [0.2, 0.25) is 0 Å². The van der Waals surface area contributed by atoms with Crippen molar-refractivity contribution in [2.24, 2.45) is 0 Å². The normalized spacial score (nSPS) is 18.5. The van der Waals surface area contributed by atoms with Crippen LogP contribution >= 0.6 is 0 Å². The second-order valence-electron chi connectivity index (χ2n) is 4.41. The molecule has 0 amide bonds. The average molecular weight is 297 g/mol. The Balaban J connectivity index is 3.97. The van der Waals surface area contributed by atoms with E-state index in [1.54, 1.807) is 43.2 Å². The van der Waals surface area contributed by atoms with Crippen molar-refractivity contribution in [3.8, 4) is 0 Å². The van der Waals surface area contributed by atoms with E-state index in [0.717, 1.165) is 0 Å². The predicted molar refractivity (Wildman–Crippen MR) is 91.4 cm³/mol. The molecule has 0 nitrogen and oxygen atoms in total. The van der Waals surface area contributed by atoms with Crippen LogP contribution in [0.25, 0.3) is 0 Å². The largest absolute Gasteiger partial charge is 0.0751 e. The molecule has 0 aliphatic rings. The smallest absolute Gasteiger partial charge is 0.0405 e. The molecule has 0 aromatic heterocycles. The Bertz CT molecular complexity index is 104. The molecule has 0 fully saturated rings.